The van der Waals surface area contributed by atoms with Gasteiger partial charge in [-0.1, -0.05) is 77.2 Å². The molecule has 4 nitrogen and oxygen atoms in total. The smallest absolute Gasteiger partial charge is 0.303 e. The summed E-state index contributed by atoms with van der Waals surface area (Å²) in [6.45, 7) is 6.09. The first-order valence-corrected chi connectivity index (χ1v) is 10.8. The Morgan fingerprint density at radius 1 is 1.28 bits per heavy atom. The molecule has 1 fully saturated rings. The normalized spacial score (nSPS) is 14.6. The van der Waals surface area contributed by atoms with Gasteiger partial charge in [-0.2, -0.15) is 0 Å². The van der Waals surface area contributed by atoms with Crippen LogP contribution in [-0.4, -0.2) is 29.4 Å². The maximum Gasteiger partial charge on any atom is 0.303 e. The summed E-state index contributed by atoms with van der Waals surface area (Å²) in [5.74, 6) is -0.0917. The van der Waals surface area contributed by atoms with Crippen LogP contribution >= 0.6 is 0 Å². The van der Waals surface area contributed by atoms with Gasteiger partial charge in [0.15, 0.2) is 11.6 Å². The van der Waals surface area contributed by atoms with Crippen molar-refractivity contribution < 1.29 is 24.1 Å². The van der Waals surface area contributed by atoms with E-state index in [0.29, 0.717) is 12.0 Å². The number of aliphatic carboxylic acids is 1. The van der Waals surface area contributed by atoms with E-state index in [0.717, 1.165) is 25.2 Å². The van der Waals surface area contributed by atoms with E-state index in [-0.39, 0.29) is 11.6 Å². The van der Waals surface area contributed by atoms with Crippen molar-refractivity contribution in [2.75, 3.05) is 7.11 Å². The first kappa shape index (κ1) is 27.1. The predicted molar refractivity (Wildman–Crippen MR) is 118 cm³/mol. The molecule has 1 atom stereocenters. The number of hydrogen-bond donors (Lipinski definition) is 2. The Balaban J connectivity index is 0.000000736. The Kier molecular flexibility index (Phi) is 15.9. The molecule has 0 aromatic heterocycles. The second-order valence-corrected chi connectivity index (χ2v) is 7.37. The number of aliphatic hydroxyl groups excluding tert-OH is 1. The largest absolute Gasteiger partial charge is 0.494 e. The lowest BCUT2D eigenvalue weighted by Crippen LogP contribution is -2.05. The quantitative estimate of drug-likeness (QED) is 0.516. The Bertz CT molecular complexity index is 580. The standard InChI is InChI=1S/C17H23FO2.C4H8O2.C3H8/c1-20-16-8-4-7-14(17(16)18)10-12-15(19)11-9-13-5-2-3-6-13;1-2-3-4(5)6;1-3-2/h4,7-8,10,12-13,15,19H,2-3,5-6,9,11H2,1H3;2-3H2,1H3,(H,5,6);3H2,1-2H3/b12-10+;;. The van der Waals surface area contributed by atoms with Crippen LogP contribution in [0.3, 0.4) is 0 Å². The highest BCUT2D eigenvalue weighted by Gasteiger charge is 2.15. The van der Waals surface area contributed by atoms with Gasteiger partial charge < -0.3 is 14.9 Å². The molecule has 166 valence electrons. The number of methoxy groups -OCH3 is 1. The Morgan fingerprint density at radius 2 is 1.90 bits per heavy atom. The first-order chi connectivity index (χ1) is 13.9. The van der Waals surface area contributed by atoms with Crippen LogP contribution in [0.15, 0.2) is 24.3 Å². The van der Waals surface area contributed by atoms with Crippen molar-refractivity contribution in [2.24, 2.45) is 5.92 Å². The number of carboxylic acids is 1. The van der Waals surface area contributed by atoms with Crippen LogP contribution in [-0.2, 0) is 4.79 Å². The summed E-state index contributed by atoms with van der Waals surface area (Å²) >= 11 is 0. The number of hydrogen-bond acceptors (Lipinski definition) is 3. The fourth-order valence-electron chi connectivity index (χ4n) is 3.04. The van der Waals surface area contributed by atoms with Gasteiger partial charge in [0.1, 0.15) is 0 Å². The van der Waals surface area contributed by atoms with Gasteiger partial charge in [0.2, 0.25) is 0 Å². The molecule has 0 amide bonds. The van der Waals surface area contributed by atoms with Crippen molar-refractivity contribution in [3.8, 4) is 5.75 Å². The van der Waals surface area contributed by atoms with Gasteiger partial charge in [0.25, 0.3) is 0 Å². The molecule has 1 aromatic rings. The van der Waals surface area contributed by atoms with Gasteiger partial charge in [0.05, 0.1) is 13.2 Å². The molecule has 1 aliphatic carbocycles. The van der Waals surface area contributed by atoms with E-state index in [1.165, 1.54) is 39.2 Å². The molecule has 1 unspecified atom stereocenters. The number of aliphatic hydroxyl groups is 1. The van der Waals surface area contributed by atoms with Crippen LogP contribution in [0.5, 0.6) is 5.75 Å². The molecule has 2 rings (SSSR count). The molecule has 0 saturated heterocycles. The number of carbonyl (C=O) groups is 1. The van der Waals surface area contributed by atoms with Crippen molar-refractivity contribution in [3.63, 3.8) is 0 Å². The lowest BCUT2D eigenvalue weighted by molar-refractivity contribution is -0.137. The van der Waals surface area contributed by atoms with Gasteiger partial charge in [-0.25, -0.2) is 4.39 Å². The maximum absolute atomic E-state index is 13.9. The minimum Gasteiger partial charge on any atom is -0.494 e. The second kappa shape index (κ2) is 17.0. The number of carboxylic acid groups (broad SMARTS) is 1. The fourth-order valence-corrected chi connectivity index (χ4v) is 3.04. The number of rotatable bonds is 8. The minimum absolute atomic E-state index is 0.229. The Labute approximate surface area is 175 Å². The summed E-state index contributed by atoms with van der Waals surface area (Å²) in [6, 6.07) is 5.01. The lowest BCUT2D eigenvalue weighted by atomic mass is 9.99. The van der Waals surface area contributed by atoms with E-state index >= 15 is 0 Å². The molecule has 0 radical (unpaired) electrons. The van der Waals surface area contributed by atoms with Gasteiger partial charge in [0, 0.05) is 12.0 Å². The van der Waals surface area contributed by atoms with Crippen LogP contribution in [0.2, 0.25) is 0 Å². The summed E-state index contributed by atoms with van der Waals surface area (Å²) < 4.78 is 18.8. The highest BCUT2D eigenvalue weighted by molar-refractivity contribution is 5.66. The molecular weight excluding hydrogens is 371 g/mol. The lowest BCUT2D eigenvalue weighted by Gasteiger charge is -2.11. The summed E-state index contributed by atoms with van der Waals surface area (Å²) in [4.78, 5) is 9.60. The Morgan fingerprint density at radius 3 is 2.38 bits per heavy atom. The molecule has 0 aliphatic heterocycles. The summed E-state index contributed by atoms with van der Waals surface area (Å²) in [6.07, 6.45) is 12.1. The predicted octanol–water partition coefficient (Wildman–Crippen LogP) is 6.47. The highest BCUT2D eigenvalue weighted by atomic mass is 19.1. The minimum atomic E-state index is -0.711. The molecule has 2 N–H and O–H groups in total. The van der Waals surface area contributed by atoms with Crippen molar-refractivity contribution in [1.82, 2.24) is 0 Å². The molecule has 29 heavy (non-hydrogen) atoms. The van der Waals surface area contributed by atoms with E-state index in [1.54, 1.807) is 30.4 Å². The monoisotopic (exact) mass is 410 g/mol. The van der Waals surface area contributed by atoms with Crippen LogP contribution in [0.1, 0.15) is 84.1 Å². The Hall–Kier alpha value is -1.88. The first-order valence-electron chi connectivity index (χ1n) is 10.8. The van der Waals surface area contributed by atoms with Crippen molar-refractivity contribution in [2.45, 2.75) is 84.7 Å². The fraction of sp³-hybridized carbons (Fsp3) is 0.625. The highest BCUT2D eigenvalue weighted by Crippen LogP contribution is 2.29. The molecule has 5 heteroatoms. The van der Waals surface area contributed by atoms with Crippen LogP contribution in [0, 0.1) is 11.7 Å². The number of benzene rings is 1. The number of ether oxygens (including phenoxy) is 1. The average molecular weight is 411 g/mol. The third kappa shape index (κ3) is 13.1. The SMILES string of the molecule is CCC.CCCC(=O)O.COc1cccc(/C=C/C(O)CCC2CCCC2)c1F. The van der Waals surface area contributed by atoms with Gasteiger partial charge in [-0.05, 0) is 31.2 Å². The molecule has 1 aliphatic rings. The zero-order chi connectivity index (χ0) is 22.1. The molecule has 0 bridgehead atoms. The van der Waals surface area contributed by atoms with E-state index in [9.17, 15) is 14.3 Å². The van der Waals surface area contributed by atoms with E-state index in [2.05, 4.69) is 13.8 Å². The molecule has 0 spiro atoms. The van der Waals surface area contributed by atoms with Crippen molar-refractivity contribution >= 4 is 12.0 Å². The molecule has 1 saturated carbocycles. The third-order valence-electron chi connectivity index (χ3n) is 4.52. The van der Waals surface area contributed by atoms with Crippen molar-refractivity contribution in [3.05, 3.63) is 35.7 Å². The summed E-state index contributed by atoms with van der Waals surface area (Å²) in [7, 11) is 1.45. The zero-order valence-electron chi connectivity index (χ0n) is 18.5. The van der Waals surface area contributed by atoms with Crippen molar-refractivity contribution in [1.29, 1.82) is 0 Å². The zero-order valence-corrected chi connectivity index (χ0v) is 18.5. The molecule has 1 aromatic carbocycles. The van der Waals surface area contributed by atoms with Gasteiger partial charge >= 0.3 is 5.97 Å². The molecule has 0 heterocycles. The summed E-state index contributed by atoms with van der Waals surface area (Å²) in [5.41, 5.74) is 0.448. The summed E-state index contributed by atoms with van der Waals surface area (Å²) in [5, 5.41) is 17.9. The second-order valence-electron chi connectivity index (χ2n) is 7.37. The van der Waals surface area contributed by atoms with E-state index in [4.69, 9.17) is 9.84 Å². The third-order valence-corrected chi connectivity index (χ3v) is 4.52. The van der Waals surface area contributed by atoms with Crippen LogP contribution in [0.25, 0.3) is 6.08 Å². The van der Waals surface area contributed by atoms with Gasteiger partial charge in [-0.3, -0.25) is 4.79 Å². The topological polar surface area (TPSA) is 66.8 Å². The van der Waals surface area contributed by atoms with Gasteiger partial charge in [-0.15, -0.1) is 0 Å². The maximum atomic E-state index is 13.9. The van der Waals surface area contributed by atoms with Crippen LogP contribution in [0.4, 0.5) is 4.39 Å². The average Bonchev–Trinajstić information content (AvgIpc) is 3.20. The van der Waals surface area contributed by atoms with E-state index in [1.807, 2.05) is 6.92 Å². The van der Waals surface area contributed by atoms with E-state index < -0.39 is 12.1 Å². The van der Waals surface area contributed by atoms with Crippen LogP contribution < -0.4 is 4.74 Å². The molecular formula is C24H39FO4. The number of halogens is 1.